The molecule has 1 aromatic heterocycles. The van der Waals surface area contributed by atoms with Crippen LogP contribution < -0.4 is 5.32 Å². The Morgan fingerprint density at radius 3 is 1.96 bits per heavy atom. The Morgan fingerprint density at radius 1 is 0.880 bits per heavy atom. The van der Waals surface area contributed by atoms with Gasteiger partial charge in [-0.05, 0) is 30.2 Å². The van der Waals surface area contributed by atoms with E-state index in [0.29, 0.717) is 6.42 Å². The van der Waals surface area contributed by atoms with Crippen molar-refractivity contribution in [3.8, 4) is 0 Å². The van der Waals surface area contributed by atoms with E-state index in [0.717, 1.165) is 16.8 Å². The average molecular weight is 330 g/mol. The molecule has 0 spiro atoms. The maximum atomic E-state index is 12.6. The Hall–Kier alpha value is -2.94. The third-order valence-electron chi connectivity index (χ3n) is 4.30. The molecule has 0 radical (unpaired) electrons. The van der Waals surface area contributed by atoms with Gasteiger partial charge in [-0.1, -0.05) is 66.7 Å². The Bertz CT molecular complexity index is 749. The van der Waals surface area contributed by atoms with Gasteiger partial charge in [0.1, 0.15) is 0 Å². The van der Waals surface area contributed by atoms with Crippen molar-refractivity contribution in [2.75, 3.05) is 0 Å². The molecule has 0 aliphatic heterocycles. The highest BCUT2D eigenvalue weighted by molar-refractivity contribution is 5.78. The smallest absolute Gasteiger partial charge is 0.221 e. The molecule has 0 saturated heterocycles. The number of hydrogen-bond acceptors (Lipinski definition) is 2. The van der Waals surface area contributed by atoms with Crippen LogP contribution in [0.25, 0.3) is 0 Å². The summed E-state index contributed by atoms with van der Waals surface area (Å²) in [6.07, 6.45) is 2.15. The van der Waals surface area contributed by atoms with Crippen LogP contribution in [0.5, 0.6) is 0 Å². The van der Waals surface area contributed by atoms with Gasteiger partial charge in [-0.3, -0.25) is 9.78 Å². The number of pyridine rings is 1. The van der Waals surface area contributed by atoms with Gasteiger partial charge in [0, 0.05) is 18.5 Å². The molecule has 3 aromatic rings. The minimum atomic E-state index is -0.110. The highest BCUT2D eigenvalue weighted by Gasteiger charge is 2.19. The summed E-state index contributed by atoms with van der Waals surface area (Å²) in [6.45, 7) is 1.96. The van der Waals surface area contributed by atoms with Crippen LogP contribution in [0.4, 0.5) is 0 Å². The zero-order valence-corrected chi connectivity index (χ0v) is 14.3. The topological polar surface area (TPSA) is 42.0 Å². The van der Waals surface area contributed by atoms with Gasteiger partial charge in [0.25, 0.3) is 0 Å². The van der Waals surface area contributed by atoms with Crippen molar-refractivity contribution in [2.24, 2.45) is 0 Å². The van der Waals surface area contributed by atoms with E-state index in [4.69, 9.17) is 0 Å². The van der Waals surface area contributed by atoms with Crippen molar-refractivity contribution < 1.29 is 4.79 Å². The van der Waals surface area contributed by atoms with Crippen molar-refractivity contribution in [3.63, 3.8) is 0 Å². The van der Waals surface area contributed by atoms with Gasteiger partial charge in [0.15, 0.2) is 0 Å². The normalized spacial score (nSPS) is 11.9. The van der Waals surface area contributed by atoms with Crippen LogP contribution in [0, 0.1) is 0 Å². The number of carbonyl (C=O) groups excluding carboxylic acids is 1. The molecule has 25 heavy (non-hydrogen) atoms. The van der Waals surface area contributed by atoms with Crippen LogP contribution in [-0.2, 0) is 4.79 Å². The predicted molar refractivity (Wildman–Crippen MR) is 100 cm³/mol. The molecule has 1 unspecified atom stereocenters. The summed E-state index contributed by atoms with van der Waals surface area (Å²) in [6, 6.07) is 26.0. The number of benzene rings is 2. The Labute approximate surface area is 148 Å². The number of carbonyl (C=O) groups is 1. The molecule has 0 fully saturated rings. The predicted octanol–water partition coefficient (Wildman–Crippen LogP) is 4.48. The van der Waals surface area contributed by atoms with Gasteiger partial charge in [-0.2, -0.15) is 0 Å². The number of nitrogens with zero attached hydrogens (tertiary/aromatic N) is 1. The maximum absolute atomic E-state index is 12.6. The molecular weight excluding hydrogens is 308 g/mol. The monoisotopic (exact) mass is 330 g/mol. The second kappa shape index (κ2) is 8.25. The summed E-state index contributed by atoms with van der Waals surface area (Å²) in [4.78, 5) is 17.0. The van der Waals surface area contributed by atoms with Gasteiger partial charge in [0.05, 0.1) is 11.7 Å². The quantitative estimate of drug-likeness (QED) is 0.724. The van der Waals surface area contributed by atoms with E-state index in [-0.39, 0.29) is 17.9 Å². The molecule has 1 N–H and O–H groups in total. The third kappa shape index (κ3) is 4.54. The van der Waals surface area contributed by atoms with Crippen molar-refractivity contribution in [2.45, 2.75) is 25.3 Å². The Morgan fingerprint density at radius 2 is 1.44 bits per heavy atom. The van der Waals surface area contributed by atoms with Gasteiger partial charge in [-0.25, -0.2) is 0 Å². The summed E-state index contributed by atoms with van der Waals surface area (Å²) in [5.41, 5.74) is 3.16. The first-order valence-corrected chi connectivity index (χ1v) is 8.54. The number of amides is 1. The standard InChI is InChI=1S/C22H22N2O/c1-17(21-14-8-9-15-23-21)24-22(25)16-20(18-10-4-2-5-11-18)19-12-6-3-7-13-19/h2-15,17,20H,16H2,1H3,(H,24,25). The van der Waals surface area contributed by atoms with Gasteiger partial charge < -0.3 is 5.32 Å². The largest absolute Gasteiger partial charge is 0.348 e. The van der Waals surface area contributed by atoms with Crippen LogP contribution in [0.3, 0.4) is 0 Å². The molecule has 3 nitrogen and oxygen atoms in total. The number of nitrogens with one attached hydrogen (secondary N) is 1. The molecule has 0 aliphatic rings. The number of aromatic nitrogens is 1. The minimum absolute atomic E-state index is 0.0239. The average Bonchev–Trinajstić information content (AvgIpc) is 2.68. The summed E-state index contributed by atoms with van der Waals surface area (Å²) >= 11 is 0. The van der Waals surface area contributed by atoms with Crippen LogP contribution >= 0.6 is 0 Å². The van der Waals surface area contributed by atoms with Gasteiger partial charge >= 0.3 is 0 Å². The summed E-state index contributed by atoms with van der Waals surface area (Å²) in [5.74, 6) is 0.0641. The fourth-order valence-corrected chi connectivity index (χ4v) is 2.99. The highest BCUT2D eigenvalue weighted by atomic mass is 16.1. The minimum Gasteiger partial charge on any atom is -0.348 e. The second-order valence-corrected chi connectivity index (χ2v) is 6.12. The van der Waals surface area contributed by atoms with Crippen molar-refractivity contribution in [1.82, 2.24) is 10.3 Å². The number of hydrogen-bond donors (Lipinski definition) is 1. The fourth-order valence-electron chi connectivity index (χ4n) is 2.99. The van der Waals surface area contributed by atoms with E-state index in [2.05, 4.69) is 34.6 Å². The molecule has 2 aromatic carbocycles. The van der Waals surface area contributed by atoms with Crippen LogP contribution in [0.1, 0.15) is 42.1 Å². The zero-order chi connectivity index (χ0) is 17.5. The lowest BCUT2D eigenvalue weighted by atomic mass is 9.88. The van der Waals surface area contributed by atoms with E-state index in [9.17, 15) is 4.79 Å². The molecule has 1 amide bonds. The van der Waals surface area contributed by atoms with E-state index >= 15 is 0 Å². The van der Waals surface area contributed by atoms with E-state index < -0.39 is 0 Å². The summed E-state index contributed by atoms with van der Waals surface area (Å²) in [5, 5.41) is 3.06. The summed E-state index contributed by atoms with van der Waals surface area (Å²) < 4.78 is 0. The van der Waals surface area contributed by atoms with Gasteiger partial charge in [0.2, 0.25) is 5.91 Å². The van der Waals surface area contributed by atoms with Crippen LogP contribution in [0.2, 0.25) is 0 Å². The highest BCUT2D eigenvalue weighted by Crippen LogP contribution is 2.28. The third-order valence-corrected chi connectivity index (χ3v) is 4.30. The van der Waals surface area contributed by atoms with E-state index in [1.54, 1.807) is 6.20 Å². The first-order valence-electron chi connectivity index (χ1n) is 8.54. The SMILES string of the molecule is CC(NC(=O)CC(c1ccccc1)c1ccccc1)c1ccccn1. The maximum Gasteiger partial charge on any atom is 0.221 e. The fraction of sp³-hybridized carbons (Fsp3) is 0.182. The van der Waals surface area contributed by atoms with Crippen LogP contribution in [0.15, 0.2) is 85.1 Å². The molecule has 1 heterocycles. The molecule has 1 atom stereocenters. The van der Waals surface area contributed by atoms with Gasteiger partial charge in [-0.15, -0.1) is 0 Å². The van der Waals surface area contributed by atoms with Crippen molar-refractivity contribution >= 4 is 5.91 Å². The molecule has 0 aliphatic carbocycles. The summed E-state index contributed by atoms with van der Waals surface area (Å²) in [7, 11) is 0. The zero-order valence-electron chi connectivity index (χ0n) is 14.3. The van der Waals surface area contributed by atoms with Crippen molar-refractivity contribution in [1.29, 1.82) is 0 Å². The lowest BCUT2D eigenvalue weighted by Crippen LogP contribution is -2.28. The molecular formula is C22H22N2O. The Balaban J connectivity index is 1.75. The van der Waals surface area contributed by atoms with Crippen LogP contribution in [-0.4, -0.2) is 10.9 Å². The Kier molecular flexibility index (Phi) is 5.57. The lowest BCUT2D eigenvalue weighted by molar-refractivity contribution is -0.122. The first-order chi connectivity index (χ1) is 12.2. The van der Waals surface area contributed by atoms with E-state index in [1.807, 2.05) is 61.5 Å². The van der Waals surface area contributed by atoms with Crippen molar-refractivity contribution in [3.05, 3.63) is 102 Å². The lowest BCUT2D eigenvalue weighted by Gasteiger charge is -2.20. The second-order valence-electron chi connectivity index (χ2n) is 6.12. The molecule has 0 bridgehead atoms. The molecule has 3 heteroatoms. The molecule has 3 rings (SSSR count). The van der Waals surface area contributed by atoms with E-state index in [1.165, 1.54) is 0 Å². The number of rotatable bonds is 6. The molecule has 126 valence electrons. The first kappa shape index (κ1) is 16.9. The molecule has 0 saturated carbocycles.